The van der Waals surface area contributed by atoms with Crippen LogP contribution in [0.4, 0.5) is 10.1 Å². The first kappa shape index (κ1) is 9.78. The molecule has 1 aliphatic rings. The quantitative estimate of drug-likeness (QED) is 0.704. The van der Waals surface area contributed by atoms with Crippen LogP contribution in [0.2, 0.25) is 0 Å². The fourth-order valence-electron chi connectivity index (χ4n) is 1.74. The second-order valence-electron chi connectivity index (χ2n) is 3.52. The number of rotatable bonds is 1. The van der Waals surface area contributed by atoms with E-state index < -0.39 is 0 Å². The minimum Gasteiger partial charge on any atom is -0.489 e. The van der Waals surface area contributed by atoms with Crippen LogP contribution in [0.15, 0.2) is 18.2 Å². The zero-order valence-corrected chi connectivity index (χ0v) is 8.40. The third kappa shape index (κ3) is 1.61. The van der Waals surface area contributed by atoms with Crippen molar-refractivity contribution in [3.05, 3.63) is 24.0 Å². The van der Waals surface area contributed by atoms with E-state index in [1.54, 1.807) is 24.1 Å². The highest BCUT2D eigenvalue weighted by Crippen LogP contribution is 2.35. The molecular formula is C11H11FN2O. The Morgan fingerprint density at radius 1 is 1.67 bits per heavy atom. The van der Waals surface area contributed by atoms with Gasteiger partial charge < -0.3 is 9.64 Å². The van der Waals surface area contributed by atoms with E-state index in [1.165, 1.54) is 6.07 Å². The van der Waals surface area contributed by atoms with Crippen LogP contribution < -0.4 is 9.64 Å². The highest BCUT2D eigenvalue weighted by molar-refractivity contribution is 5.61. The van der Waals surface area contributed by atoms with Crippen LogP contribution in [0.1, 0.15) is 6.42 Å². The molecule has 0 saturated carbocycles. The Bertz CT molecular complexity index is 414. The molecule has 0 saturated heterocycles. The molecule has 78 valence electrons. The first-order valence-electron chi connectivity index (χ1n) is 4.75. The van der Waals surface area contributed by atoms with Crippen molar-refractivity contribution in [1.82, 2.24) is 0 Å². The summed E-state index contributed by atoms with van der Waals surface area (Å²) in [5.41, 5.74) is 0.448. The van der Waals surface area contributed by atoms with Gasteiger partial charge in [0.2, 0.25) is 0 Å². The summed E-state index contributed by atoms with van der Waals surface area (Å²) in [6, 6.07) is 6.75. The first-order chi connectivity index (χ1) is 7.24. The monoisotopic (exact) mass is 206 g/mol. The lowest BCUT2D eigenvalue weighted by atomic mass is 10.1. The average molecular weight is 206 g/mol. The Hall–Kier alpha value is -1.76. The molecule has 0 bridgehead atoms. The number of para-hydroxylation sites is 1. The summed E-state index contributed by atoms with van der Waals surface area (Å²) in [7, 11) is 1.78. The van der Waals surface area contributed by atoms with E-state index in [0.29, 0.717) is 24.5 Å². The van der Waals surface area contributed by atoms with Crippen LogP contribution in [0, 0.1) is 17.1 Å². The number of nitriles is 1. The Balaban J connectivity index is 2.37. The predicted molar refractivity (Wildman–Crippen MR) is 54.3 cm³/mol. The number of fused-ring (bicyclic) bond motifs is 1. The van der Waals surface area contributed by atoms with E-state index >= 15 is 0 Å². The highest BCUT2D eigenvalue weighted by Gasteiger charge is 2.26. The minimum atomic E-state index is -0.308. The van der Waals surface area contributed by atoms with E-state index in [-0.39, 0.29) is 11.9 Å². The molecule has 0 aliphatic carbocycles. The molecule has 0 spiro atoms. The lowest BCUT2D eigenvalue weighted by Gasteiger charge is -2.34. The Kier molecular flexibility index (Phi) is 2.46. The molecule has 1 atom stereocenters. The first-order valence-corrected chi connectivity index (χ1v) is 4.75. The number of halogens is 1. The van der Waals surface area contributed by atoms with Crippen LogP contribution in [-0.4, -0.2) is 19.7 Å². The molecule has 4 heteroatoms. The summed E-state index contributed by atoms with van der Waals surface area (Å²) >= 11 is 0. The topological polar surface area (TPSA) is 36.3 Å². The molecule has 1 heterocycles. The number of hydrogen-bond acceptors (Lipinski definition) is 3. The lowest BCUT2D eigenvalue weighted by Crippen LogP contribution is -2.40. The summed E-state index contributed by atoms with van der Waals surface area (Å²) in [6.07, 6.45) is 0.338. The highest BCUT2D eigenvalue weighted by atomic mass is 19.1. The van der Waals surface area contributed by atoms with Gasteiger partial charge in [-0.1, -0.05) is 6.07 Å². The second-order valence-corrected chi connectivity index (χ2v) is 3.52. The third-order valence-corrected chi connectivity index (χ3v) is 2.61. The number of anilines is 1. The van der Waals surface area contributed by atoms with Crippen molar-refractivity contribution in [2.45, 2.75) is 12.5 Å². The van der Waals surface area contributed by atoms with Gasteiger partial charge >= 0.3 is 0 Å². The maximum atomic E-state index is 13.5. The van der Waals surface area contributed by atoms with E-state index in [2.05, 4.69) is 6.07 Å². The fraction of sp³-hybridized carbons (Fsp3) is 0.364. The standard InChI is InChI=1S/C11H11FN2O/c1-14-8(5-6-13)7-15-10-4-2-3-9(12)11(10)14/h2-4,8H,5,7H2,1H3. The van der Waals surface area contributed by atoms with Gasteiger partial charge in [0.25, 0.3) is 0 Å². The number of likely N-dealkylation sites (N-methyl/N-ethyl adjacent to an activating group) is 1. The van der Waals surface area contributed by atoms with Crippen LogP contribution in [0.25, 0.3) is 0 Å². The number of nitrogens with zero attached hydrogens (tertiary/aromatic N) is 2. The number of benzene rings is 1. The van der Waals surface area contributed by atoms with Gasteiger partial charge in [-0.2, -0.15) is 5.26 Å². The van der Waals surface area contributed by atoms with E-state index in [4.69, 9.17) is 10.00 Å². The van der Waals surface area contributed by atoms with Crippen LogP contribution in [0.3, 0.4) is 0 Å². The molecule has 1 unspecified atom stereocenters. The van der Waals surface area contributed by atoms with Crippen molar-refractivity contribution >= 4 is 5.69 Å². The van der Waals surface area contributed by atoms with Crippen molar-refractivity contribution in [2.24, 2.45) is 0 Å². The van der Waals surface area contributed by atoms with Crippen molar-refractivity contribution in [3.63, 3.8) is 0 Å². The largest absolute Gasteiger partial charge is 0.489 e. The van der Waals surface area contributed by atoms with Gasteiger partial charge in [0, 0.05) is 7.05 Å². The molecule has 3 nitrogen and oxygen atoms in total. The molecular weight excluding hydrogens is 195 g/mol. The van der Waals surface area contributed by atoms with Crippen molar-refractivity contribution in [1.29, 1.82) is 5.26 Å². The summed E-state index contributed by atoms with van der Waals surface area (Å²) < 4.78 is 18.9. The van der Waals surface area contributed by atoms with Gasteiger partial charge in [-0.05, 0) is 12.1 Å². The Morgan fingerprint density at radius 2 is 2.47 bits per heavy atom. The summed E-state index contributed by atoms with van der Waals surface area (Å²) in [5, 5.41) is 8.63. The number of ether oxygens (including phenoxy) is 1. The molecule has 0 amide bonds. The van der Waals surface area contributed by atoms with Gasteiger partial charge in [0.1, 0.15) is 23.9 Å². The van der Waals surface area contributed by atoms with Crippen LogP contribution >= 0.6 is 0 Å². The zero-order chi connectivity index (χ0) is 10.8. The molecule has 0 fully saturated rings. The van der Waals surface area contributed by atoms with Gasteiger partial charge in [0.15, 0.2) is 0 Å². The normalized spacial score (nSPS) is 19.0. The molecule has 1 aromatic carbocycles. The van der Waals surface area contributed by atoms with Crippen molar-refractivity contribution in [2.75, 3.05) is 18.6 Å². The van der Waals surface area contributed by atoms with Crippen LogP contribution in [-0.2, 0) is 0 Å². The molecule has 0 aromatic heterocycles. The Labute approximate surface area is 87.7 Å². The van der Waals surface area contributed by atoms with E-state index in [1.807, 2.05) is 0 Å². The van der Waals surface area contributed by atoms with Gasteiger partial charge in [-0.25, -0.2) is 4.39 Å². The second kappa shape index (κ2) is 3.77. The van der Waals surface area contributed by atoms with Crippen molar-refractivity contribution < 1.29 is 9.13 Å². The smallest absolute Gasteiger partial charge is 0.150 e. The summed E-state index contributed by atoms with van der Waals surface area (Å²) in [5.74, 6) is 0.240. The van der Waals surface area contributed by atoms with Gasteiger partial charge in [-0.3, -0.25) is 0 Å². The predicted octanol–water partition coefficient (Wildman–Crippen LogP) is 1.94. The fourth-order valence-corrected chi connectivity index (χ4v) is 1.74. The molecule has 0 N–H and O–H groups in total. The minimum absolute atomic E-state index is 0.0700. The van der Waals surface area contributed by atoms with Crippen LogP contribution in [0.5, 0.6) is 5.75 Å². The molecule has 15 heavy (non-hydrogen) atoms. The zero-order valence-electron chi connectivity index (χ0n) is 8.40. The van der Waals surface area contributed by atoms with Crippen molar-refractivity contribution in [3.8, 4) is 11.8 Å². The SMILES string of the molecule is CN1c2c(F)cccc2OCC1CC#N. The molecule has 1 aliphatic heterocycles. The maximum absolute atomic E-state index is 13.5. The number of hydrogen-bond donors (Lipinski definition) is 0. The Morgan fingerprint density at radius 3 is 3.20 bits per heavy atom. The molecule has 0 radical (unpaired) electrons. The maximum Gasteiger partial charge on any atom is 0.150 e. The van der Waals surface area contributed by atoms with E-state index in [0.717, 1.165) is 0 Å². The summed E-state index contributed by atoms with van der Waals surface area (Å²) in [6.45, 7) is 0.431. The lowest BCUT2D eigenvalue weighted by molar-refractivity contribution is 0.265. The molecule has 1 aromatic rings. The molecule has 2 rings (SSSR count). The summed E-state index contributed by atoms with van der Waals surface area (Å²) in [4.78, 5) is 1.78. The third-order valence-electron chi connectivity index (χ3n) is 2.61. The van der Waals surface area contributed by atoms with E-state index in [9.17, 15) is 4.39 Å². The van der Waals surface area contributed by atoms with Gasteiger partial charge in [0.05, 0.1) is 18.5 Å². The van der Waals surface area contributed by atoms with Gasteiger partial charge in [-0.15, -0.1) is 0 Å². The average Bonchev–Trinajstić information content (AvgIpc) is 2.22.